The van der Waals surface area contributed by atoms with Crippen LogP contribution in [0.5, 0.6) is 0 Å². The van der Waals surface area contributed by atoms with Crippen LogP contribution in [0.15, 0.2) is 18.2 Å². The molecule has 1 atom stereocenters. The van der Waals surface area contributed by atoms with Crippen molar-refractivity contribution in [1.82, 2.24) is 15.1 Å². The van der Waals surface area contributed by atoms with Gasteiger partial charge in [0.1, 0.15) is 0 Å². The Morgan fingerprint density at radius 1 is 1.30 bits per heavy atom. The molecule has 0 bridgehead atoms. The molecule has 1 saturated heterocycles. The van der Waals surface area contributed by atoms with E-state index in [0.717, 1.165) is 44.3 Å². The van der Waals surface area contributed by atoms with Crippen molar-refractivity contribution >= 4 is 29.2 Å². The number of nitrogens with one attached hydrogen (secondary N) is 1. The van der Waals surface area contributed by atoms with Crippen molar-refractivity contribution in [2.75, 3.05) is 20.1 Å². The van der Waals surface area contributed by atoms with Gasteiger partial charge in [0.15, 0.2) is 0 Å². The van der Waals surface area contributed by atoms with Crippen molar-refractivity contribution in [1.29, 1.82) is 0 Å². The van der Waals surface area contributed by atoms with Gasteiger partial charge >= 0.3 is 6.03 Å². The topological polar surface area (TPSA) is 35.6 Å². The molecule has 0 spiro atoms. The number of likely N-dealkylation sites (N-methyl/N-ethyl adjacent to an activating group) is 1. The van der Waals surface area contributed by atoms with Gasteiger partial charge in [-0.1, -0.05) is 29.3 Å². The Hall–Kier alpha value is -0.970. The van der Waals surface area contributed by atoms with Gasteiger partial charge in [-0.25, -0.2) is 4.79 Å². The average Bonchev–Trinajstić information content (AvgIpc) is 3.33. The Bertz CT molecular complexity index is 577. The van der Waals surface area contributed by atoms with E-state index in [-0.39, 0.29) is 12.1 Å². The molecule has 3 rings (SSSR count). The molecule has 0 aromatic heterocycles. The highest BCUT2D eigenvalue weighted by Crippen LogP contribution is 2.30. The number of carbonyl (C=O) groups excluding carboxylic acids is 1. The molecule has 1 aromatic carbocycles. The lowest BCUT2D eigenvalue weighted by molar-refractivity contribution is 0.173. The zero-order chi connectivity index (χ0) is 16.4. The zero-order valence-electron chi connectivity index (χ0n) is 13.4. The van der Waals surface area contributed by atoms with E-state index in [1.165, 1.54) is 0 Å². The second kappa shape index (κ2) is 7.29. The Morgan fingerprint density at radius 3 is 2.74 bits per heavy atom. The molecule has 1 aliphatic carbocycles. The van der Waals surface area contributed by atoms with Crippen molar-refractivity contribution < 1.29 is 4.79 Å². The van der Waals surface area contributed by atoms with Gasteiger partial charge in [0.05, 0.1) is 10.0 Å². The Balaban J connectivity index is 1.63. The van der Waals surface area contributed by atoms with Crippen LogP contribution in [0.2, 0.25) is 10.0 Å². The van der Waals surface area contributed by atoms with Crippen LogP contribution in [0.4, 0.5) is 4.79 Å². The second-order valence-electron chi connectivity index (χ2n) is 6.66. The first-order chi connectivity index (χ1) is 11.0. The highest BCUT2D eigenvalue weighted by molar-refractivity contribution is 6.42. The van der Waals surface area contributed by atoms with Crippen LogP contribution in [-0.2, 0) is 6.54 Å². The summed E-state index contributed by atoms with van der Waals surface area (Å²) in [7, 11) is 2.10. The fraction of sp³-hybridized carbons (Fsp3) is 0.588. The van der Waals surface area contributed by atoms with Gasteiger partial charge in [-0.3, -0.25) is 0 Å². The van der Waals surface area contributed by atoms with Crippen molar-refractivity contribution in [3.8, 4) is 0 Å². The fourth-order valence-electron chi connectivity index (χ4n) is 3.13. The SMILES string of the molecule is CN1CCCC(NC(=O)N(Cc2ccc(Cl)c(Cl)c2)C2CC2)C1. The summed E-state index contributed by atoms with van der Waals surface area (Å²) in [6.07, 6.45) is 4.36. The predicted molar refractivity (Wildman–Crippen MR) is 94.1 cm³/mol. The van der Waals surface area contributed by atoms with Gasteiger partial charge in [-0.05, 0) is 57.0 Å². The first kappa shape index (κ1) is 16.9. The molecule has 2 amide bonds. The third-order valence-electron chi connectivity index (χ3n) is 4.54. The van der Waals surface area contributed by atoms with E-state index in [2.05, 4.69) is 17.3 Å². The van der Waals surface area contributed by atoms with Gasteiger partial charge in [-0.15, -0.1) is 0 Å². The summed E-state index contributed by atoms with van der Waals surface area (Å²) in [5.41, 5.74) is 1.02. The smallest absolute Gasteiger partial charge is 0.318 e. The van der Waals surface area contributed by atoms with Crippen LogP contribution in [0.25, 0.3) is 0 Å². The van der Waals surface area contributed by atoms with E-state index in [1.807, 2.05) is 17.0 Å². The van der Waals surface area contributed by atoms with Gasteiger partial charge in [-0.2, -0.15) is 0 Å². The summed E-state index contributed by atoms with van der Waals surface area (Å²) < 4.78 is 0. The molecule has 1 saturated carbocycles. The molecule has 6 heteroatoms. The predicted octanol–water partition coefficient (Wildman–Crippen LogP) is 3.76. The minimum absolute atomic E-state index is 0.0406. The lowest BCUT2D eigenvalue weighted by Crippen LogP contribution is -2.51. The highest BCUT2D eigenvalue weighted by atomic mass is 35.5. The maximum absolute atomic E-state index is 12.7. The number of amides is 2. The second-order valence-corrected chi connectivity index (χ2v) is 7.47. The number of rotatable bonds is 4. The third-order valence-corrected chi connectivity index (χ3v) is 5.28. The van der Waals surface area contributed by atoms with Crippen LogP contribution >= 0.6 is 23.2 Å². The highest BCUT2D eigenvalue weighted by Gasteiger charge is 2.33. The number of nitrogens with zero attached hydrogens (tertiary/aromatic N) is 2. The number of hydrogen-bond donors (Lipinski definition) is 1. The maximum atomic E-state index is 12.7. The van der Waals surface area contributed by atoms with E-state index >= 15 is 0 Å². The average molecular weight is 356 g/mol. The normalized spacial score (nSPS) is 22.0. The lowest BCUT2D eigenvalue weighted by atomic mass is 10.1. The zero-order valence-corrected chi connectivity index (χ0v) is 14.9. The first-order valence-electron chi connectivity index (χ1n) is 8.22. The number of urea groups is 1. The summed E-state index contributed by atoms with van der Waals surface area (Å²) in [4.78, 5) is 16.9. The molecular formula is C17H23Cl2N3O. The monoisotopic (exact) mass is 355 g/mol. The Labute approximate surface area is 147 Å². The van der Waals surface area contributed by atoms with E-state index < -0.39 is 0 Å². The maximum Gasteiger partial charge on any atom is 0.318 e. The molecule has 1 N–H and O–H groups in total. The van der Waals surface area contributed by atoms with Gasteiger partial charge < -0.3 is 15.1 Å². The quantitative estimate of drug-likeness (QED) is 0.892. The van der Waals surface area contributed by atoms with Crippen LogP contribution < -0.4 is 5.32 Å². The molecule has 2 fully saturated rings. The first-order valence-corrected chi connectivity index (χ1v) is 8.98. The van der Waals surface area contributed by atoms with Gasteiger partial charge in [0.25, 0.3) is 0 Å². The van der Waals surface area contributed by atoms with Crippen molar-refractivity contribution in [2.45, 2.75) is 44.3 Å². The molecule has 4 nitrogen and oxygen atoms in total. The standard InChI is InChI=1S/C17H23Cl2N3O/c1-21-8-2-3-13(11-21)20-17(23)22(14-5-6-14)10-12-4-7-15(18)16(19)9-12/h4,7,9,13-14H,2-3,5-6,8,10-11H2,1H3,(H,20,23). The van der Waals surface area contributed by atoms with Crippen molar-refractivity contribution in [3.05, 3.63) is 33.8 Å². The number of hydrogen-bond acceptors (Lipinski definition) is 2. The molecule has 0 radical (unpaired) electrons. The molecule has 1 unspecified atom stereocenters. The summed E-state index contributed by atoms with van der Waals surface area (Å²) in [5.74, 6) is 0. The number of piperidine rings is 1. The van der Waals surface area contributed by atoms with E-state index in [9.17, 15) is 4.79 Å². The van der Waals surface area contributed by atoms with Crippen LogP contribution in [0.3, 0.4) is 0 Å². The largest absolute Gasteiger partial charge is 0.334 e. The van der Waals surface area contributed by atoms with Crippen LogP contribution in [0, 0.1) is 0 Å². The van der Waals surface area contributed by atoms with E-state index in [4.69, 9.17) is 23.2 Å². The molecule has 2 aliphatic rings. The summed E-state index contributed by atoms with van der Waals surface area (Å²) in [5, 5.41) is 4.28. The van der Waals surface area contributed by atoms with Crippen molar-refractivity contribution in [3.63, 3.8) is 0 Å². The molecular weight excluding hydrogens is 333 g/mol. The Morgan fingerprint density at radius 2 is 2.09 bits per heavy atom. The third kappa shape index (κ3) is 4.52. The van der Waals surface area contributed by atoms with Crippen LogP contribution in [0.1, 0.15) is 31.2 Å². The molecule has 23 heavy (non-hydrogen) atoms. The number of benzene rings is 1. The fourth-order valence-corrected chi connectivity index (χ4v) is 3.45. The van der Waals surface area contributed by atoms with Gasteiger partial charge in [0, 0.05) is 25.2 Å². The number of likely N-dealkylation sites (tertiary alicyclic amines) is 1. The minimum Gasteiger partial charge on any atom is -0.334 e. The number of carbonyl (C=O) groups is 1. The van der Waals surface area contributed by atoms with E-state index in [0.29, 0.717) is 22.6 Å². The number of halogens is 2. The molecule has 126 valence electrons. The molecule has 1 aliphatic heterocycles. The summed E-state index contributed by atoms with van der Waals surface area (Å²) in [6.45, 7) is 2.62. The van der Waals surface area contributed by atoms with Gasteiger partial charge in [0.2, 0.25) is 0 Å². The van der Waals surface area contributed by atoms with Crippen LogP contribution in [-0.4, -0.2) is 48.1 Å². The molecule has 1 heterocycles. The van der Waals surface area contributed by atoms with E-state index in [1.54, 1.807) is 6.07 Å². The van der Waals surface area contributed by atoms with Crippen molar-refractivity contribution in [2.24, 2.45) is 0 Å². The lowest BCUT2D eigenvalue weighted by Gasteiger charge is -2.32. The minimum atomic E-state index is 0.0406. The Kier molecular flexibility index (Phi) is 5.34. The molecule has 1 aromatic rings. The summed E-state index contributed by atoms with van der Waals surface area (Å²) in [6, 6.07) is 6.21. The summed E-state index contributed by atoms with van der Waals surface area (Å²) >= 11 is 12.1.